The minimum Gasteiger partial charge on any atom is -0.0876 e. The van der Waals surface area contributed by atoms with Crippen LogP contribution in [-0.4, -0.2) is 64.0 Å². The van der Waals surface area contributed by atoms with E-state index < -0.39 is 0 Å². The summed E-state index contributed by atoms with van der Waals surface area (Å²) >= 11 is 42.3. The zero-order valence-electron chi connectivity index (χ0n) is 25.9. The highest BCUT2D eigenvalue weighted by atomic mass is 79.9. The van der Waals surface area contributed by atoms with E-state index >= 15 is 0 Å². The average Bonchev–Trinajstić information content (AvgIpc) is 3.09. The van der Waals surface area contributed by atoms with E-state index in [0.29, 0.717) is 0 Å². The number of alkyl halides is 12. The van der Waals surface area contributed by atoms with Crippen LogP contribution in [0.1, 0.15) is 0 Å². The lowest BCUT2D eigenvalue weighted by Gasteiger charge is -2.11. The van der Waals surface area contributed by atoms with Gasteiger partial charge in [0.2, 0.25) is 0 Å². The van der Waals surface area contributed by atoms with E-state index in [-0.39, 0.29) is 0 Å². The van der Waals surface area contributed by atoms with Gasteiger partial charge in [-0.3, -0.25) is 0 Å². The van der Waals surface area contributed by atoms with Gasteiger partial charge in [0.1, 0.15) is 0 Å². The molecule has 0 aromatic carbocycles. The molecule has 3 rings (SSSR count). The van der Waals surface area contributed by atoms with Gasteiger partial charge in [-0.05, 0) is 66.9 Å². The largest absolute Gasteiger partial charge is 0.0876 e. The molecule has 0 nitrogen and oxygen atoms in total. The highest BCUT2D eigenvalue weighted by Gasteiger charge is 2.09. The van der Waals surface area contributed by atoms with Crippen molar-refractivity contribution in [2.45, 2.75) is 0 Å². The molecular formula is C36H36Br12. The second-order valence-electron chi connectivity index (χ2n) is 9.91. The van der Waals surface area contributed by atoms with Crippen LogP contribution in [0.2, 0.25) is 0 Å². The molecule has 3 aliphatic rings. The van der Waals surface area contributed by atoms with Gasteiger partial charge in [0, 0.05) is 64.0 Å². The Kier molecular flexibility index (Phi) is 30.3. The van der Waals surface area contributed by atoms with Crippen molar-refractivity contribution in [3.8, 4) is 0 Å². The second-order valence-corrected chi connectivity index (χ2v) is 16.6. The molecule has 48 heavy (non-hydrogen) atoms. The summed E-state index contributed by atoms with van der Waals surface area (Å²) in [6.07, 6.45) is 26.3. The van der Waals surface area contributed by atoms with Crippen LogP contribution in [0.25, 0.3) is 0 Å². The molecule has 3 aliphatic carbocycles. The summed E-state index contributed by atoms with van der Waals surface area (Å²) in [6, 6.07) is 0. The molecule has 0 amide bonds. The van der Waals surface area contributed by atoms with Gasteiger partial charge >= 0.3 is 0 Å². The molecule has 0 saturated heterocycles. The van der Waals surface area contributed by atoms with Gasteiger partial charge in [-0.25, -0.2) is 0 Å². The molecule has 0 bridgehead atoms. The van der Waals surface area contributed by atoms with Gasteiger partial charge in [0.05, 0.1) is 0 Å². The van der Waals surface area contributed by atoms with Crippen molar-refractivity contribution < 1.29 is 0 Å². The number of hydrogen-bond acceptors (Lipinski definition) is 0. The van der Waals surface area contributed by atoms with Crippen LogP contribution >= 0.6 is 191 Å². The Bertz CT molecular complexity index is 1150. The van der Waals surface area contributed by atoms with Gasteiger partial charge in [0.15, 0.2) is 0 Å². The minimum atomic E-state index is 0.883. The number of rotatable bonds is 12. The summed E-state index contributed by atoms with van der Waals surface area (Å²) in [5.41, 5.74) is 15.8. The summed E-state index contributed by atoms with van der Waals surface area (Å²) in [7, 11) is 0. The maximum atomic E-state index is 3.53. The van der Waals surface area contributed by atoms with Crippen molar-refractivity contribution in [1.82, 2.24) is 0 Å². The van der Waals surface area contributed by atoms with E-state index in [2.05, 4.69) is 264 Å². The molecule has 264 valence electrons. The molecule has 0 N–H and O–H groups in total. The Morgan fingerprint density at radius 1 is 0.208 bits per heavy atom. The minimum absolute atomic E-state index is 0.883. The van der Waals surface area contributed by atoms with Crippen LogP contribution in [-0.2, 0) is 0 Å². The Hall–Kier alpha value is 2.64. The van der Waals surface area contributed by atoms with E-state index in [1.807, 2.05) is 0 Å². The zero-order valence-corrected chi connectivity index (χ0v) is 45.0. The predicted molar refractivity (Wildman–Crippen MR) is 263 cm³/mol. The summed E-state index contributed by atoms with van der Waals surface area (Å²) in [5.74, 6) is 0. The lowest BCUT2D eigenvalue weighted by molar-refractivity contribution is 1.32. The van der Waals surface area contributed by atoms with E-state index in [1.54, 1.807) is 0 Å². The molecule has 0 aromatic rings. The molecule has 0 atom stereocenters. The standard InChI is InChI=1S/3C12H12Br4/c3*13-5-9-1-2-10(6-14)12(8-16)4-3-11(9)7-15/h3*1-4H,5-8H2/b2-1?,4-3?,9-1-,10-2-,11-3-,11-9?,12-4-,12-10?;2*2-1-,4-3+,9-1?,10-2?,11-3?,11-9-,12-4?,12-10+. The van der Waals surface area contributed by atoms with Crippen molar-refractivity contribution in [3.63, 3.8) is 0 Å². The second kappa shape index (κ2) is 29.9. The zero-order chi connectivity index (χ0) is 35.9. The third-order valence-corrected chi connectivity index (χ3v) is 14.4. The molecule has 0 spiro atoms. The average molecular weight is 1430 g/mol. The van der Waals surface area contributed by atoms with Gasteiger partial charge in [-0.15, -0.1) is 0 Å². The summed E-state index contributed by atoms with van der Waals surface area (Å²) in [5, 5.41) is 10.6. The molecule has 0 saturated carbocycles. The first kappa shape index (κ1) is 48.7. The van der Waals surface area contributed by atoms with Crippen LogP contribution in [0.5, 0.6) is 0 Å². The highest BCUT2D eigenvalue weighted by Crippen LogP contribution is 2.25. The Morgan fingerprint density at radius 3 is 0.417 bits per heavy atom. The summed E-state index contributed by atoms with van der Waals surface area (Å²) < 4.78 is 0. The quantitative estimate of drug-likeness (QED) is 0.171. The third-order valence-electron chi connectivity index (χ3n) is 7.12. The van der Waals surface area contributed by atoms with Crippen LogP contribution < -0.4 is 0 Å². The van der Waals surface area contributed by atoms with Crippen LogP contribution in [0.15, 0.2) is 140 Å². The fourth-order valence-electron chi connectivity index (χ4n) is 4.06. The maximum absolute atomic E-state index is 3.53. The van der Waals surface area contributed by atoms with Crippen LogP contribution in [0, 0.1) is 0 Å². The van der Waals surface area contributed by atoms with E-state index in [1.165, 1.54) is 66.9 Å². The lowest BCUT2D eigenvalue weighted by atomic mass is 10.0. The first-order chi connectivity index (χ1) is 23.3. The number of halogens is 12. The fourth-order valence-corrected chi connectivity index (χ4v) is 10.6. The van der Waals surface area contributed by atoms with Crippen molar-refractivity contribution in [3.05, 3.63) is 140 Å². The molecule has 0 aliphatic heterocycles. The monoisotopic (exact) mass is 1420 g/mol. The molecule has 0 aromatic heterocycles. The van der Waals surface area contributed by atoms with E-state index in [9.17, 15) is 0 Å². The first-order valence-electron chi connectivity index (χ1n) is 14.4. The van der Waals surface area contributed by atoms with Gasteiger partial charge in [-0.1, -0.05) is 264 Å². The highest BCUT2D eigenvalue weighted by molar-refractivity contribution is 9.11. The molecule has 12 heteroatoms. The number of allylic oxidation sites excluding steroid dienone is 24. The van der Waals surface area contributed by atoms with Gasteiger partial charge in [0.25, 0.3) is 0 Å². The fraction of sp³-hybridized carbons (Fsp3) is 0.333. The molecule has 0 unspecified atom stereocenters. The van der Waals surface area contributed by atoms with E-state index in [4.69, 9.17) is 0 Å². The first-order valence-corrected chi connectivity index (χ1v) is 27.9. The van der Waals surface area contributed by atoms with Gasteiger partial charge < -0.3 is 0 Å². The van der Waals surface area contributed by atoms with Crippen LogP contribution in [0.4, 0.5) is 0 Å². The molecular weight excluding hydrogens is 1390 g/mol. The third kappa shape index (κ3) is 17.0. The SMILES string of the molecule is BrCC1=C(CBr)/C=C/C(CBr)=C(CBr)/C=C\1.BrCC1=C(CBr)/C=C/C(CBr)=C(CBr)/C=C\1.BrCC1=C/C=C(CBr)\C(CBr)=C/C=C\1CBr. The van der Waals surface area contributed by atoms with Crippen molar-refractivity contribution in [2.75, 3.05) is 64.0 Å². The lowest BCUT2D eigenvalue weighted by Crippen LogP contribution is -1.98. The Morgan fingerprint density at radius 2 is 0.333 bits per heavy atom. The molecule has 0 heterocycles. The smallest absolute Gasteiger partial charge is 0.0286 e. The van der Waals surface area contributed by atoms with Crippen molar-refractivity contribution in [1.29, 1.82) is 0 Å². The number of hydrogen-bond donors (Lipinski definition) is 0. The molecule has 0 radical (unpaired) electrons. The topological polar surface area (TPSA) is 0 Å². The predicted octanol–water partition coefficient (Wildman–Crippen LogP) is 15.9. The Labute approximate surface area is 389 Å². The maximum Gasteiger partial charge on any atom is 0.0286 e. The van der Waals surface area contributed by atoms with E-state index in [0.717, 1.165) is 64.0 Å². The van der Waals surface area contributed by atoms with Crippen LogP contribution in [0.3, 0.4) is 0 Å². The normalized spacial score (nSPS) is 29.8. The van der Waals surface area contributed by atoms with Crippen molar-refractivity contribution >= 4 is 191 Å². The molecule has 0 fully saturated rings. The Balaban J connectivity index is 0.000000360. The summed E-state index contributed by atoms with van der Waals surface area (Å²) in [4.78, 5) is 0. The van der Waals surface area contributed by atoms with Gasteiger partial charge in [-0.2, -0.15) is 0 Å². The summed E-state index contributed by atoms with van der Waals surface area (Å²) in [6.45, 7) is 0. The van der Waals surface area contributed by atoms with Crippen molar-refractivity contribution in [2.24, 2.45) is 0 Å².